The summed E-state index contributed by atoms with van der Waals surface area (Å²) in [6, 6.07) is 9.93. The van der Waals surface area contributed by atoms with E-state index in [2.05, 4.69) is 10.3 Å². The number of thiocarbonyl (C=S) groups is 1. The van der Waals surface area contributed by atoms with E-state index in [1.54, 1.807) is 0 Å². The van der Waals surface area contributed by atoms with Gasteiger partial charge in [-0.3, -0.25) is 0 Å². The maximum atomic E-state index is 5.83. The van der Waals surface area contributed by atoms with Crippen LogP contribution < -0.4 is 11.1 Å². The lowest BCUT2D eigenvalue weighted by Gasteiger charge is -2.25. The van der Waals surface area contributed by atoms with Crippen molar-refractivity contribution >= 4 is 33.9 Å². The number of nitrogens with zero attached hydrogens (tertiary/aromatic N) is 1. The van der Waals surface area contributed by atoms with Gasteiger partial charge in [0.15, 0.2) is 0 Å². The van der Waals surface area contributed by atoms with Gasteiger partial charge in [-0.15, -0.1) is 0 Å². The number of benzene rings is 1. The number of rotatable bonds is 5. The van der Waals surface area contributed by atoms with Crippen LogP contribution in [0.4, 0.5) is 5.82 Å². The molecule has 0 aliphatic heterocycles. The molecule has 0 amide bonds. The minimum atomic E-state index is 0.422. The third kappa shape index (κ3) is 2.75. The van der Waals surface area contributed by atoms with E-state index < -0.39 is 0 Å². The molecule has 0 bridgehead atoms. The van der Waals surface area contributed by atoms with Crippen LogP contribution in [0.15, 0.2) is 30.3 Å². The first kappa shape index (κ1) is 13.3. The molecule has 0 spiro atoms. The molecule has 0 atom stereocenters. The smallest absolute Gasteiger partial charge is 0.127 e. The Morgan fingerprint density at radius 2 is 2.15 bits per heavy atom. The van der Waals surface area contributed by atoms with Crippen molar-refractivity contribution in [3.05, 3.63) is 35.9 Å². The highest BCUT2D eigenvalue weighted by molar-refractivity contribution is 7.80. The Morgan fingerprint density at radius 1 is 1.35 bits per heavy atom. The van der Waals surface area contributed by atoms with Crippen molar-refractivity contribution < 1.29 is 0 Å². The molecule has 1 aliphatic carbocycles. The topological polar surface area (TPSA) is 50.9 Å². The van der Waals surface area contributed by atoms with Gasteiger partial charge in [0.25, 0.3) is 0 Å². The van der Waals surface area contributed by atoms with Gasteiger partial charge in [0.2, 0.25) is 0 Å². The number of fused-ring (bicyclic) bond motifs is 1. The average molecular weight is 285 g/mol. The normalized spacial score (nSPS) is 15.0. The van der Waals surface area contributed by atoms with Crippen molar-refractivity contribution in [3.63, 3.8) is 0 Å². The van der Waals surface area contributed by atoms with Crippen LogP contribution in [0.1, 0.15) is 31.2 Å². The molecule has 4 heteroatoms. The summed E-state index contributed by atoms with van der Waals surface area (Å²) in [7, 11) is 0. The second-order valence-corrected chi connectivity index (χ2v) is 5.89. The molecule has 3 N–H and O–H groups in total. The Balaban J connectivity index is 1.81. The molecule has 2 aromatic rings. The molecule has 20 heavy (non-hydrogen) atoms. The maximum Gasteiger partial charge on any atom is 0.127 e. The Labute approximate surface area is 124 Å². The summed E-state index contributed by atoms with van der Waals surface area (Å²) in [6.07, 6.45) is 5.37. The average Bonchev–Trinajstić information content (AvgIpc) is 2.40. The van der Waals surface area contributed by atoms with E-state index in [9.17, 15) is 0 Å². The number of anilines is 1. The number of nitrogens with two attached hydrogens (primary N) is 1. The summed E-state index contributed by atoms with van der Waals surface area (Å²) in [5.41, 5.74) is 7.67. The Hall–Kier alpha value is -1.68. The minimum absolute atomic E-state index is 0.422. The summed E-state index contributed by atoms with van der Waals surface area (Å²) in [4.78, 5) is 5.05. The molecule has 1 aromatic carbocycles. The van der Waals surface area contributed by atoms with Gasteiger partial charge in [-0.05, 0) is 24.5 Å². The Morgan fingerprint density at radius 3 is 2.85 bits per heavy atom. The first-order valence-electron chi connectivity index (χ1n) is 7.17. The van der Waals surface area contributed by atoms with Crippen LogP contribution in [-0.2, 0) is 0 Å². The largest absolute Gasteiger partial charge is 0.389 e. The molecule has 3 rings (SSSR count). The van der Waals surface area contributed by atoms with Crippen LogP contribution in [0, 0.1) is 5.92 Å². The van der Waals surface area contributed by atoms with Crippen LogP contribution in [0.2, 0.25) is 0 Å². The maximum absolute atomic E-state index is 5.83. The van der Waals surface area contributed by atoms with E-state index in [-0.39, 0.29) is 0 Å². The molecule has 1 fully saturated rings. The number of aromatic nitrogens is 1. The molecule has 0 unspecified atom stereocenters. The zero-order chi connectivity index (χ0) is 13.9. The van der Waals surface area contributed by atoms with Crippen LogP contribution in [0.3, 0.4) is 0 Å². The highest BCUT2D eigenvalue weighted by Crippen LogP contribution is 2.29. The quantitative estimate of drug-likeness (QED) is 0.826. The predicted octanol–water partition coefficient (Wildman–Crippen LogP) is 3.47. The lowest BCUT2D eigenvalue weighted by atomic mass is 9.83. The third-order valence-electron chi connectivity index (χ3n) is 4.07. The number of pyridine rings is 1. The van der Waals surface area contributed by atoms with Gasteiger partial charge in [-0.1, -0.05) is 49.7 Å². The lowest BCUT2D eigenvalue weighted by molar-refractivity contribution is 0.303. The van der Waals surface area contributed by atoms with Gasteiger partial charge in [0.05, 0.1) is 5.52 Å². The van der Waals surface area contributed by atoms with E-state index in [0.717, 1.165) is 34.7 Å². The number of hydrogen-bond acceptors (Lipinski definition) is 3. The van der Waals surface area contributed by atoms with E-state index in [1.165, 1.54) is 25.7 Å². The van der Waals surface area contributed by atoms with Crippen molar-refractivity contribution in [1.82, 2.24) is 4.98 Å². The standard InChI is InChI=1S/C16H19N3S/c17-16(20)13-10-15(18-9-8-11-4-3-5-11)19-14-7-2-1-6-12(13)14/h1-2,6-7,10-11H,3-5,8-9H2,(H2,17,20)(H,18,19). The molecule has 1 aromatic heterocycles. The minimum Gasteiger partial charge on any atom is -0.389 e. The molecular weight excluding hydrogens is 266 g/mol. The first-order valence-corrected chi connectivity index (χ1v) is 7.58. The van der Waals surface area contributed by atoms with Gasteiger partial charge in [-0.25, -0.2) is 4.98 Å². The Bertz CT molecular complexity index is 635. The highest BCUT2D eigenvalue weighted by Gasteiger charge is 2.16. The summed E-state index contributed by atoms with van der Waals surface area (Å²) in [5.74, 6) is 1.77. The predicted molar refractivity (Wildman–Crippen MR) is 88.1 cm³/mol. The summed E-state index contributed by atoms with van der Waals surface area (Å²) >= 11 is 5.15. The fourth-order valence-electron chi connectivity index (χ4n) is 2.66. The number of hydrogen-bond donors (Lipinski definition) is 2. The van der Waals surface area contributed by atoms with Gasteiger partial charge >= 0.3 is 0 Å². The van der Waals surface area contributed by atoms with Crippen molar-refractivity contribution in [3.8, 4) is 0 Å². The molecular formula is C16H19N3S. The van der Waals surface area contributed by atoms with Crippen LogP contribution in [0.5, 0.6) is 0 Å². The van der Waals surface area contributed by atoms with Crippen LogP contribution >= 0.6 is 12.2 Å². The van der Waals surface area contributed by atoms with E-state index in [1.807, 2.05) is 30.3 Å². The van der Waals surface area contributed by atoms with E-state index in [4.69, 9.17) is 18.0 Å². The monoisotopic (exact) mass is 285 g/mol. The Kier molecular flexibility index (Phi) is 3.83. The van der Waals surface area contributed by atoms with Crippen LogP contribution in [0.25, 0.3) is 10.9 Å². The van der Waals surface area contributed by atoms with Crippen molar-refractivity contribution in [2.24, 2.45) is 11.7 Å². The number of nitrogens with one attached hydrogen (secondary N) is 1. The van der Waals surface area contributed by atoms with Crippen molar-refractivity contribution in [2.75, 3.05) is 11.9 Å². The number of para-hydroxylation sites is 1. The first-order chi connectivity index (χ1) is 9.74. The van der Waals surface area contributed by atoms with E-state index >= 15 is 0 Å². The van der Waals surface area contributed by atoms with Crippen LogP contribution in [-0.4, -0.2) is 16.5 Å². The molecule has 1 saturated carbocycles. The fraction of sp³-hybridized carbons (Fsp3) is 0.375. The summed E-state index contributed by atoms with van der Waals surface area (Å²) in [6.45, 7) is 0.965. The lowest BCUT2D eigenvalue weighted by Crippen LogP contribution is -2.16. The summed E-state index contributed by atoms with van der Waals surface area (Å²) < 4.78 is 0. The van der Waals surface area contributed by atoms with Gasteiger partial charge in [-0.2, -0.15) is 0 Å². The van der Waals surface area contributed by atoms with Gasteiger partial charge in [0, 0.05) is 17.5 Å². The van der Waals surface area contributed by atoms with E-state index in [0.29, 0.717) is 4.99 Å². The molecule has 3 nitrogen and oxygen atoms in total. The second kappa shape index (κ2) is 5.75. The second-order valence-electron chi connectivity index (χ2n) is 5.45. The molecule has 1 heterocycles. The molecule has 0 radical (unpaired) electrons. The van der Waals surface area contributed by atoms with Gasteiger partial charge in [0.1, 0.15) is 10.8 Å². The summed E-state index contributed by atoms with van der Waals surface area (Å²) in [5, 5.41) is 4.42. The van der Waals surface area contributed by atoms with Gasteiger partial charge < -0.3 is 11.1 Å². The van der Waals surface area contributed by atoms with Crippen molar-refractivity contribution in [1.29, 1.82) is 0 Å². The molecule has 104 valence electrons. The zero-order valence-corrected chi connectivity index (χ0v) is 12.2. The zero-order valence-electron chi connectivity index (χ0n) is 11.4. The third-order valence-corrected chi connectivity index (χ3v) is 4.29. The van der Waals surface area contributed by atoms with Crippen molar-refractivity contribution in [2.45, 2.75) is 25.7 Å². The SMILES string of the molecule is NC(=S)c1cc(NCCC2CCC2)nc2ccccc12. The molecule has 0 saturated heterocycles. The fourth-order valence-corrected chi connectivity index (χ4v) is 2.82. The molecule has 1 aliphatic rings. The highest BCUT2D eigenvalue weighted by atomic mass is 32.1.